The Labute approximate surface area is 191 Å². The molecule has 0 atom stereocenters. The standard InChI is InChI=1S/C26H25F3N2O2/c1-25(2,3)21-11-13-23(14-12-21)33-17-18-7-9-20(10-8-18)24(32)31-30-16-19-5-4-6-22(15-19)26(27,28)29/h4-16H,17H2,1-3H3,(H,31,32)/b30-16-. The molecule has 0 saturated heterocycles. The van der Waals surface area contributed by atoms with Crippen LogP contribution in [0.4, 0.5) is 13.2 Å². The molecule has 0 spiro atoms. The summed E-state index contributed by atoms with van der Waals surface area (Å²) in [6.07, 6.45) is -3.27. The van der Waals surface area contributed by atoms with Crippen molar-refractivity contribution >= 4 is 12.1 Å². The van der Waals surface area contributed by atoms with Gasteiger partial charge in [0, 0.05) is 5.56 Å². The number of carbonyl (C=O) groups is 1. The van der Waals surface area contributed by atoms with Crippen LogP contribution in [0.5, 0.6) is 5.75 Å². The number of halogens is 3. The second kappa shape index (κ2) is 9.90. The van der Waals surface area contributed by atoms with E-state index >= 15 is 0 Å². The molecule has 0 aliphatic carbocycles. The summed E-state index contributed by atoms with van der Waals surface area (Å²) in [6, 6.07) is 19.5. The van der Waals surface area contributed by atoms with Gasteiger partial charge in [-0.2, -0.15) is 18.3 Å². The van der Waals surface area contributed by atoms with Crippen LogP contribution in [-0.2, 0) is 18.2 Å². The van der Waals surface area contributed by atoms with Gasteiger partial charge in [-0.1, -0.05) is 57.2 Å². The summed E-state index contributed by atoms with van der Waals surface area (Å²) in [5.41, 5.74) is 4.33. The van der Waals surface area contributed by atoms with Crippen LogP contribution in [0, 0.1) is 0 Å². The topological polar surface area (TPSA) is 50.7 Å². The molecule has 0 aliphatic heterocycles. The average molecular weight is 454 g/mol. The van der Waals surface area contributed by atoms with Crippen molar-refractivity contribution in [2.24, 2.45) is 5.10 Å². The summed E-state index contributed by atoms with van der Waals surface area (Å²) in [5, 5.41) is 3.75. The van der Waals surface area contributed by atoms with Gasteiger partial charge < -0.3 is 4.74 Å². The summed E-state index contributed by atoms with van der Waals surface area (Å²) in [4.78, 5) is 12.2. The third-order valence-corrected chi connectivity index (χ3v) is 4.94. The molecule has 4 nitrogen and oxygen atoms in total. The van der Waals surface area contributed by atoms with Crippen LogP contribution in [0.2, 0.25) is 0 Å². The SMILES string of the molecule is CC(C)(C)c1ccc(OCc2ccc(C(=O)N/N=C\c3cccc(C(F)(F)F)c3)cc2)cc1. The van der Waals surface area contributed by atoms with Crippen LogP contribution >= 0.6 is 0 Å². The highest BCUT2D eigenvalue weighted by Crippen LogP contribution is 2.29. The lowest BCUT2D eigenvalue weighted by Crippen LogP contribution is -2.17. The fourth-order valence-corrected chi connectivity index (χ4v) is 3.00. The lowest BCUT2D eigenvalue weighted by Gasteiger charge is -2.19. The van der Waals surface area contributed by atoms with Crippen molar-refractivity contribution in [3.8, 4) is 5.75 Å². The number of ether oxygens (including phenoxy) is 1. The first-order valence-electron chi connectivity index (χ1n) is 10.4. The monoisotopic (exact) mass is 454 g/mol. The maximum atomic E-state index is 12.8. The molecule has 0 saturated carbocycles. The normalized spacial score (nSPS) is 12.1. The van der Waals surface area contributed by atoms with Gasteiger partial charge in [-0.05, 0) is 58.5 Å². The van der Waals surface area contributed by atoms with Gasteiger partial charge in [0.15, 0.2) is 0 Å². The van der Waals surface area contributed by atoms with Crippen LogP contribution in [-0.4, -0.2) is 12.1 Å². The first-order valence-corrected chi connectivity index (χ1v) is 10.4. The highest BCUT2D eigenvalue weighted by Gasteiger charge is 2.30. The van der Waals surface area contributed by atoms with E-state index in [0.717, 1.165) is 23.4 Å². The Morgan fingerprint density at radius 3 is 2.21 bits per heavy atom. The molecule has 0 bridgehead atoms. The van der Waals surface area contributed by atoms with Gasteiger partial charge in [-0.25, -0.2) is 5.43 Å². The van der Waals surface area contributed by atoms with Crippen molar-refractivity contribution in [1.29, 1.82) is 0 Å². The second-order valence-corrected chi connectivity index (χ2v) is 8.58. The summed E-state index contributed by atoms with van der Waals surface area (Å²) in [7, 11) is 0. The van der Waals surface area contributed by atoms with Gasteiger partial charge in [0.25, 0.3) is 5.91 Å². The first kappa shape index (κ1) is 24.0. The van der Waals surface area contributed by atoms with E-state index in [4.69, 9.17) is 4.74 Å². The molecule has 3 aromatic rings. The number of nitrogens with zero attached hydrogens (tertiary/aromatic N) is 1. The molecule has 7 heteroatoms. The molecule has 1 amide bonds. The zero-order valence-electron chi connectivity index (χ0n) is 18.6. The third kappa shape index (κ3) is 6.94. The zero-order chi connectivity index (χ0) is 24.1. The van der Waals surface area contributed by atoms with Gasteiger partial charge in [-0.15, -0.1) is 0 Å². The molecule has 0 radical (unpaired) electrons. The van der Waals surface area contributed by atoms with Gasteiger partial charge in [0.05, 0.1) is 11.8 Å². The van der Waals surface area contributed by atoms with E-state index in [1.807, 2.05) is 24.3 Å². The number of carbonyl (C=O) groups excluding carboxylic acids is 1. The minimum absolute atomic E-state index is 0.0755. The zero-order valence-corrected chi connectivity index (χ0v) is 18.6. The fourth-order valence-electron chi connectivity index (χ4n) is 3.00. The molecule has 3 aromatic carbocycles. The van der Waals surface area contributed by atoms with Gasteiger partial charge in [-0.3, -0.25) is 4.79 Å². The minimum atomic E-state index is -4.44. The van der Waals surface area contributed by atoms with Crippen molar-refractivity contribution in [1.82, 2.24) is 5.43 Å². The molecular formula is C26H25F3N2O2. The molecule has 0 aliphatic rings. The quantitative estimate of drug-likeness (QED) is 0.349. The van der Waals surface area contributed by atoms with Crippen molar-refractivity contribution in [3.63, 3.8) is 0 Å². The smallest absolute Gasteiger partial charge is 0.416 e. The van der Waals surface area contributed by atoms with Gasteiger partial charge >= 0.3 is 6.18 Å². The predicted molar refractivity (Wildman–Crippen MR) is 122 cm³/mol. The molecule has 0 fully saturated rings. The first-order chi connectivity index (χ1) is 15.5. The summed E-state index contributed by atoms with van der Waals surface area (Å²) >= 11 is 0. The van der Waals surface area contributed by atoms with Crippen LogP contribution in [0.15, 0.2) is 77.9 Å². The number of alkyl halides is 3. The van der Waals surface area contributed by atoms with Crippen LogP contribution in [0.25, 0.3) is 0 Å². The Balaban J connectivity index is 1.53. The Bertz CT molecular complexity index is 1110. The average Bonchev–Trinajstić information content (AvgIpc) is 2.77. The third-order valence-electron chi connectivity index (χ3n) is 4.94. The van der Waals surface area contributed by atoms with E-state index in [1.165, 1.54) is 23.9 Å². The Kier molecular flexibility index (Phi) is 7.21. The van der Waals surface area contributed by atoms with Crippen molar-refractivity contribution in [3.05, 3.63) is 101 Å². The molecule has 3 rings (SSSR count). The van der Waals surface area contributed by atoms with E-state index in [9.17, 15) is 18.0 Å². The van der Waals surface area contributed by atoms with E-state index in [1.54, 1.807) is 24.3 Å². The van der Waals surface area contributed by atoms with Crippen LogP contribution in [0.1, 0.15) is 53.4 Å². The molecular weight excluding hydrogens is 429 g/mol. The molecule has 172 valence electrons. The summed E-state index contributed by atoms with van der Waals surface area (Å²) in [6.45, 7) is 6.80. The van der Waals surface area contributed by atoms with Crippen LogP contribution in [0.3, 0.4) is 0 Å². The largest absolute Gasteiger partial charge is 0.489 e. The Morgan fingerprint density at radius 1 is 0.939 bits per heavy atom. The molecule has 0 aromatic heterocycles. The highest BCUT2D eigenvalue weighted by molar-refractivity contribution is 5.94. The van der Waals surface area contributed by atoms with Crippen molar-refractivity contribution < 1.29 is 22.7 Å². The van der Waals surface area contributed by atoms with Crippen molar-refractivity contribution in [2.75, 3.05) is 0 Å². The summed E-state index contributed by atoms with van der Waals surface area (Å²) in [5.74, 6) is 0.289. The lowest BCUT2D eigenvalue weighted by atomic mass is 9.87. The molecule has 0 heterocycles. The maximum absolute atomic E-state index is 12.8. The van der Waals surface area contributed by atoms with Crippen LogP contribution < -0.4 is 10.2 Å². The number of benzene rings is 3. The maximum Gasteiger partial charge on any atom is 0.416 e. The highest BCUT2D eigenvalue weighted by atomic mass is 19.4. The predicted octanol–water partition coefficient (Wildman–Crippen LogP) is 6.35. The van der Waals surface area contributed by atoms with E-state index in [0.29, 0.717) is 12.2 Å². The Hall–Kier alpha value is -3.61. The van der Waals surface area contributed by atoms with Gasteiger partial charge in [0.1, 0.15) is 12.4 Å². The van der Waals surface area contributed by atoms with E-state index in [2.05, 4.69) is 31.3 Å². The number of amides is 1. The Morgan fingerprint density at radius 2 is 1.61 bits per heavy atom. The van der Waals surface area contributed by atoms with E-state index < -0.39 is 17.6 Å². The molecule has 0 unspecified atom stereocenters. The minimum Gasteiger partial charge on any atom is -0.489 e. The molecule has 1 N–H and O–H groups in total. The van der Waals surface area contributed by atoms with Gasteiger partial charge in [0.2, 0.25) is 0 Å². The fraction of sp³-hybridized carbons (Fsp3) is 0.231. The number of hydrogen-bond acceptors (Lipinski definition) is 3. The number of hydrogen-bond donors (Lipinski definition) is 1. The number of rotatable bonds is 6. The van der Waals surface area contributed by atoms with E-state index in [-0.39, 0.29) is 11.0 Å². The lowest BCUT2D eigenvalue weighted by molar-refractivity contribution is -0.137. The molecule has 33 heavy (non-hydrogen) atoms. The second-order valence-electron chi connectivity index (χ2n) is 8.58. The summed E-state index contributed by atoms with van der Waals surface area (Å²) < 4.78 is 44.1. The number of nitrogens with one attached hydrogen (secondary N) is 1. The number of hydrazone groups is 1. The van der Waals surface area contributed by atoms with Crippen molar-refractivity contribution in [2.45, 2.75) is 39.0 Å².